The molecular weight excluding hydrogens is 94.0 g/mol. The summed E-state index contributed by atoms with van der Waals surface area (Å²) in [5.41, 5.74) is 0. The van der Waals surface area contributed by atoms with Crippen LogP contribution >= 0.6 is 0 Å². The fourth-order valence-corrected chi connectivity index (χ4v) is 0.203. The molecule has 0 saturated heterocycles. The van der Waals surface area contributed by atoms with Gasteiger partial charge >= 0.3 is 0 Å². The second-order valence-electron chi connectivity index (χ2n) is 1.26. The Balaban J connectivity index is 3.35. The first-order valence-corrected chi connectivity index (χ1v) is 2.06. The normalized spacial score (nSPS) is 13.0. The van der Waals surface area contributed by atoms with Gasteiger partial charge in [-0.05, 0) is 6.92 Å². The molecule has 0 spiro atoms. The highest BCUT2D eigenvalue weighted by molar-refractivity contribution is 5.79. The summed E-state index contributed by atoms with van der Waals surface area (Å²) in [6.07, 6.45) is -1.13. The Bertz CT molecular complexity index is 70.1. The molecule has 7 heavy (non-hydrogen) atoms. The van der Waals surface area contributed by atoms with Gasteiger partial charge in [-0.3, -0.25) is 4.79 Å². The van der Waals surface area contributed by atoms with Crippen molar-refractivity contribution in [3.05, 3.63) is 0 Å². The predicted octanol–water partition coefficient (Wildman–Crippen LogP) is -0.449. The summed E-state index contributed by atoms with van der Waals surface area (Å²) in [6, 6.07) is 0. The maximum absolute atomic E-state index is 10.1. The van der Waals surface area contributed by atoms with E-state index >= 15 is 0 Å². The summed E-state index contributed by atoms with van der Waals surface area (Å²) in [5, 5.41) is 12.3. The monoisotopic (exact) mass is 102 g/mol. The lowest BCUT2D eigenvalue weighted by Gasteiger charge is -1.95. The van der Waals surface area contributed by atoms with Gasteiger partial charge in [0.25, 0.3) is 5.91 Å². The summed E-state index contributed by atoms with van der Waals surface area (Å²) < 4.78 is 0. The van der Waals surface area contributed by atoms with Crippen LogP contribution in [0.15, 0.2) is 0 Å². The van der Waals surface area contributed by atoms with Crippen LogP contribution in [0.3, 0.4) is 0 Å². The zero-order valence-electron chi connectivity index (χ0n) is 4.39. The number of hydrogen-bond acceptors (Lipinski definition) is 1. The molecule has 1 radical (unpaired) electrons. The second-order valence-corrected chi connectivity index (χ2v) is 1.26. The molecule has 1 N–H and O–H groups in total. The van der Waals surface area contributed by atoms with E-state index in [0.29, 0.717) is 0 Å². The highest BCUT2D eigenvalue weighted by Gasteiger charge is 2.05. The first-order valence-electron chi connectivity index (χ1n) is 2.06. The van der Waals surface area contributed by atoms with Crippen LogP contribution in [0, 0.1) is 0 Å². The van der Waals surface area contributed by atoms with Crippen LogP contribution in [-0.2, 0) is 9.90 Å². The summed E-state index contributed by atoms with van der Waals surface area (Å²) in [5.74, 6) is -0.458. The zero-order valence-corrected chi connectivity index (χ0v) is 4.39. The molecule has 41 valence electrons. The standard InChI is InChI=1S/C4H8NO2/c1-3(6)4(7)5-2/h3H,1-2H3,(H,5,7). The minimum atomic E-state index is -1.13. The summed E-state index contributed by atoms with van der Waals surface area (Å²) in [6.45, 7) is 1.30. The molecule has 1 atom stereocenters. The molecule has 3 heteroatoms. The third-order valence-corrected chi connectivity index (χ3v) is 0.616. The Morgan fingerprint density at radius 3 is 2.14 bits per heavy atom. The van der Waals surface area contributed by atoms with E-state index in [1.54, 1.807) is 0 Å². The largest absolute Gasteiger partial charge is 0.357 e. The van der Waals surface area contributed by atoms with Crippen molar-refractivity contribution in [2.24, 2.45) is 0 Å². The third-order valence-electron chi connectivity index (χ3n) is 0.616. The predicted molar refractivity (Wildman–Crippen MR) is 24.2 cm³/mol. The number of amides is 1. The molecule has 0 aromatic heterocycles. The second kappa shape index (κ2) is 2.58. The lowest BCUT2D eigenvalue weighted by molar-refractivity contribution is -0.130. The van der Waals surface area contributed by atoms with Crippen LogP contribution < -0.4 is 5.32 Å². The van der Waals surface area contributed by atoms with E-state index in [2.05, 4.69) is 5.32 Å². The van der Waals surface area contributed by atoms with E-state index in [0.717, 1.165) is 0 Å². The molecule has 3 nitrogen and oxygen atoms in total. The van der Waals surface area contributed by atoms with Gasteiger partial charge in [0, 0.05) is 7.05 Å². The van der Waals surface area contributed by atoms with Crippen molar-refractivity contribution in [1.29, 1.82) is 0 Å². The van der Waals surface area contributed by atoms with Crippen LogP contribution in [0.2, 0.25) is 0 Å². The molecule has 0 bridgehead atoms. The van der Waals surface area contributed by atoms with Gasteiger partial charge < -0.3 is 5.32 Å². The highest BCUT2D eigenvalue weighted by atomic mass is 16.3. The van der Waals surface area contributed by atoms with Crippen molar-refractivity contribution in [3.63, 3.8) is 0 Å². The van der Waals surface area contributed by atoms with Gasteiger partial charge in [0.2, 0.25) is 0 Å². The van der Waals surface area contributed by atoms with E-state index in [1.807, 2.05) is 0 Å². The molecule has 0 fully saturated rings. The van der Waals surface area contributed by atoms with Crippen molar-refractivity contribution in [2.75, 3.05) is 7.05 Å². The van der Waals surface area contributed by atoms with E-state index in [9.17, 15) is 9.90 Å². The van der Waals surface area contributed by atoms with Crippen LogP contribution in [-0.4, -0.2) is 19.1 Å². The number of hydrogen-bond donors (Lipinski definition) is 1. The number of carbonyl (C=O) groups excluding carboxylic acids is 1. The molecule has 0 aliphatic rings. The fourth-order valence-electron chi connectivity index (χ4n) is 0.203. The third kappa shape index (κ3) is 2.17. The number of nitrogens with one attached hydrogen (secondary N) is 1. The van der Waals surface area contributed by atoms with Gasteiger partial charge in [-0.2, -0.15) is 0 Å². The molecule has 0 aromatic rings. The lowest BCUT2D eigenvalue weighted by Crippen LogP contribution is -2.27. The maximum atomic E-state index is 10.1. The average Bonchev–Trinajstić information content (AvgIpc) is 1.65. The van der Waals surface area contributed by atoms with Crippen LogP contribution in [0.5, 0.6) is 0 Å². The van der Waals surface area contributed by atoms with E-state index in [4.69, 9.17) is 0 Å². The molecule has 0 rings (SSSR count). The summed E-state index contributed by atoms with van der Waals surface area (Å²) in [7, 11) is 1.44. The number of likely N-dealkylation sites (N-methyl/N-ethyl adjacent to an activating group) is 1. The van der Waals surface area contributed by atoms with E-state index in [1.165, 1.54) is 14.0 Å². The fraction of sp³-hybridized carbons (Fsp3) is 0.750. The van der Waals surface area contributed by atoms with Gasteiger partial charge in [0.05, 0.1) is 0 Å². The van der Waals surface area contributed by atoms with E-state index < -0.39 is 12.0 Å². The molecule has 0 aromatic carbocycles. The molecular formula is C4H8NO2. The van der Waals surface area contributed by atoms with Crippen LogP contribution in [0.1, 0.15) is 6.92 Å². The average molecular weight is 102 g/mol. The molecule has 1 amide bonds. The molecule has 0 aliphatic carbocycles. The summed E-state index contributed by atoms with van der Waals surface area (Å²) in [4.78, 5) is 10.1. The minimum Gasteiger partial charge on any atom is -0.357 e. The Kier molecular flexibility index (Phi) is 2.37. The van der Waals surface area contributed by atoms with Gasteiger partial charge in [-0.15, -0.1) is 0 Å². The lowest BCUT2D eigenvalue weighted by atomic mass is 10.4. The van der Waals surface area contributed by atoms with Crippen LogP contribution in [0.4, 0.5) is 0 Å². The van der Waals surface area contributed by atoms with Crippen molar-refractivity contribution < 1.29 is 9.90 Å². The Hall–Kier alpha value is -0.570. The van der Waals surface area contributed by atoms with E-state index in [-0.39, 0.29) is 0 Å². The molecule has 0 heterocycles. The molecule has 1 unspecified atom stereocenters. The first kappa shape index (κ1) is 6.43. The number of carbonyl (C=O) groups is 1. The van der Waals surface area contributed by atoms with Gasteiger partial charge in [0.1, 0.15) is 0 Å². The Labute approximate surface area is 42.3 Å². The minimum absolute atomic E-state index is 0.458. The summed E-state index contributed by atoms with van der Waals surface area (Å²) >= 11 is 0. The van der Waals surface area contributed by atoms with Gasteiger partial charge in [-0.25, -0.2) is 5.11 Å². The maximum Gasteiger partial charge on any atom is 0.251 e. The van der Waals surface area contributed by atoms with Gasteiger partial charge in [-0.1, -0.05) is 0 Å². The SMILES string of the molecule is CNC(=O)C(C)[O]. The molecule has 0 saturated carbocycles. The highest BCUT2D eigenvalue weighted by Crippen LogP contribution is 1.75. The van der Waals surface area contributed by atoms with Crippen LogP contribution in [0.25, 0.3) is 0 Å². The smallest absolute Gasteiger partial charge is 0.251 e. The topological polar surface area (TPSA) is 49.0 Å². The quantitative estimate of drug-likeness (QED) is 0.479. The van der Waals surface area contributed by atoms with Crippen molar-refractivity contribution in [1.82, 2.24) is 5.32 Å². The Morgan fingerprint density at radius 2 is 2.14 bits per heavy atom. The van der Waals surface area contributed by atoms with Crippen molar-refractivity contribution in [2.45, 2.75) is 13.0 Å². The van der Waals surface area contributed by atoms with Crippen molar-refractivity contribution in [3.8, 4) is 0 Å². The van der Waals surface area contributed by atoms with Crippen molar-refractivity contribution >= 4 is 5.91 Å². The zero-order chi connectivity index (χ0) is 5.86. The van der Waals surface area contributed by atoms with Gasteiger partial charge in [0.15, 0.2) is 6.10 Å². The first-order chi connectivity index (χ1) is 3.18. The number of rotatable bonds is 1. The molecule has 0 aliphatic heterocycles. The Morgan fingerprint density at radius 1 is 1.71 bits per heavy atom.